The molecule has 0 atom stereocenters. The molecule has 0 fully saturated rings. The van der Waals surface area contributed by atoms with Crippen LogP contribution in [0, 0.1) is 5.82 Å². The Morgan fingerprint density at radius 2 is 1.78 bits per heavy atom. The SMILES string of the molecule is O=c1c2cccnc2nc(SCc2cccc(F)c2)n1Cc1ccccc1. The van der Waals surface area contributed by atoms with Crippen LogP contribution in [0.3, 0.4) is 0 Å². The summed E-state index contributed by atoms with van der Waals surface area (Å²) in [4.78, 5) is 21.8. The van der Waals surface area contributed by atoms with Crippen molar-refractivity contribution >= 4 is 22.8 Å². The molecule has 4 nitrogen and oxygen atoms in total. The molecule has 4 rings (SSSR count). The van der Waals surface area contributed by atoms with E-state index in [2.05, 4.69) is 9.97 Å². The highest BCUT2D eigenvalue weighted by Gasteiger charge is 2.13. The number of aromatic nitrogens is 3. The Hall–Kier alpha value is -2.99. The van der Waals surface area contributed by atoms with Gasteiger partial charge in [0.1, 0.15) is 5.82 Å². The predicted molar refractivity (Wildman–Crippen MR) is 105 cm³/mol. The molecule has 0 radical (unpaired) electrons. The van der Waals surface area contributed by atoms with Crippen LogP contribution in [0.5, 0.6) is 0 Å². The van der Waals surface area contributed by atoms with Gasteiger partial charge in [0, 0.05) is 11.9 Å². The molecule has 0 amide bonds. The molecule has 0 aliphatic heterocycles. The molecular weight excluding hydrogens is 361 g/mol. The lowest BCUT2D eigenvalue weighted by atomic mass is 10.2. The molecule has 0 bridgehead atoms. The smallest absolute Gasteiger partial charge is 0.263 e. The molecule has 4 aromatic rings. The molecular formula is C21H16FN3OS. The molecule has 2 heterocycles. The predicted octanol–water partition coefficient (Wildman–Crippen LogP) is 4.27. The minimum absolute atomic E-state index is 0.126. The summed E-state index contributed by atoms with van der Waals surface area (Å²) < 4.78 is 15.1. The Bertz CT molecular complexity index is 1140. The highest BCUT2D eigenvalue weighted by Crippen LogP contribution is 2.22. The third-order valence-corrected chi connectivity index (χ3v) is 5.18. The molecule has 0 unspecified atom stereocenters. The Labute approximate surface area is 159 Å². The van der Waals surface area contributed by atoms with Gasteiger partial charge in [-0.1, -0.05) is 54.2 Å². The fourth-order valence-electron chi connectivity index (χ4n) is 2.83. The Morgan fingerprint density at radius 3 is 2.59 bits per heavy atom. The van der Waals surface area contributed by atoms with Crippen molar-refractivity contribution in [2.75, 3.05) is 0 Å². The molecule has 134 valence electrons. The molecule has 2 aromatic heterocycles. The number of benzene rings is 2. The van der Waals surface area contributed by atoms with E-state index in [-0.39, 0.29) is 11.4 Å². The van der Waals surface area contributed by atoms with Crippen molar-refractivity contribution in [3.8, 4) is 0 Å². The molecule has 0 saturated carbocycles. The van der Waals surface area contributed by atoms with E-state index < -0.39 is 0 Å². The number of hydrogen-bond acceptors (Lipinski definition) is 4. The van der Waals surface area contributed by atoms with Crippen LogP contribution in [0.4, 0.5) is 4.39 Å². The third kappa shape index (κ3) is 3.90. The summed E-state index contributed by atoms with van der Waals surface area (Å²) in [6.07, 6.45) is 1.62. The summed E-state index contributed by atoms with van der Waals surface area (Å²) in [6, 6.07) is 19.7. The van der Waals surface area contributed by atoms with Crippen LogP contribution in [0.2, 0.25) is 0 Å². The van der Waals surface area contributed by atoms with Crippen molar-refractivity contribution in [1.82, 2.24) is 14.5 Å². The summed E-state index contributed by atoms with van der Waals surface area (Å²) in [5.41, 5.74) is 2.14. The standard InChI is InChI=1S/C21H16FN3OS/c22-17-9-4-8-16(12-17)14-27-21-24-19-18(10-5-11-23-19)20(26)25(21)13-15-6-2-1-3-7-15/h1-12H,13-14H2. The second kappa shape index (κ2) is 7.72. The Kier molecular flexibility index (Phi) is 4.98. The molecule has 0 aliphatic carbocycles. The molecule has 0 saturated heterocycles. The van der Waals surface area contributed by atoms with Crippen molar-refractivity contribution < 1.29 is 4.39 Å². The minimum atomic E-state index is -0.275. The average molecular weight is 377 g/mol. The van der Waals surface area contributed by atoms with E-state index in [1.807, 2.05) is 36.4 Å². The van der Waals surface area contributed by atoms with Crippen molar-refractivity contribution in [3.63, 3.8) is 0 Å². The van der Waals surface area contributed by atoms with Gasteiger partial charge in [0.15, 0.2) is 10.8 Å². The van der Waals surface area contributed by atoms with Crippen molar-refractivity contribution in [3.05, 3.63) is 100 Å². The number of hydrogen-bond donors (Lipinski definition) is 0. The lowest BCUT2D eigenvalue weighted by Crippen LogP contribution is -2.24. The maximum atomic E-state index is 13.4. The van der Waals surface area contributed by atoms with E-state index in [9.17, 15) is 9.18 Å². The van der Waals surface area contributed by atoms with Gasteiger partial charge in [-0.2, -0.15) is 0 Å². The van der Waals surface area contributed by atoms with E-state index in [0.29, 0.717) is 28.5 Å². The van der Waals surface area contributed by atoms with Gasteiger partial charge in [-0.15, -0.1) is 0 Å². The summed E-state index contributed by atoms with van der Waals surface area (Å²) in [5, 5.41) is 1.06. The van der Waals surface area contributed by atoms with Crippen LogP contribution >= 0.6 is 11.8 Å². The molecule has 0 aliphatic rings. The first-order valence-electron chi connectivity index (χ1n) is 8.47. The zero-order valence-corrected chi connectivity index (χ0v) is 15.2. The lowest BCUT2D eigenvalue weighted by molar-refractivity contribution is 0.626. The van der Waals surface area contributed by atoms with Crippen LogP contribution in [0.25, 0.3) is 11.0 Å². The number of halogens is 1. The van der Waals surface area contributed by atoms with Crippen molar-refractivity contribution in [2.45, 2.75) is 17.5 Å². The number of fused-ring (bicyclic) bond motifs is 1. The number of nitrogens with zero attached hydrogens (tertiary/aromatic N) is 3. The summed E-state index contributed by atoms with van der Waals surface area (Å²) in [7, 11) is 0. The lowest BCUT2D eigenvalue weighted by Gasteiger charge is -2.13. The zero-order chi connectivity index (χ0) is 18.6. The van der Waals surface area contributed by atoms with Gasteiger partial charge in [0.25, 0.3) is 5.56 Å². The maximum absolute atomic E-state index is 13.4. The van der Waals surface area contributed by atoms with Crippen LogP contribution in [-0.4, -0.2) is 14.5 Å². The minimum Gasteiger partial charge on any atom is -0.282 e. The van der Waals surface area contributed by atoms with Crippen LogP contribution < -0.4 is 5.56 Å². The van der Waals surface area contributed by atoms with E-state index in [0.717, 1.165) is 11.1 Å². The highest BCUT2D eigenvalue weighted by molar-refractivity contribution is 7.98. The van der Waals surface area contributed by atoms with Crippen molar-refractivity contribution in [1.29, 1.82) is 0 Å². The quantitative estimate of drug-likeness (QED) is 0.385. The van der Waals surface area contributed by atoms with Gasteiger partial charge in [-0.05, 0) is 35.4 Å². The fourth-order valence-corrected chi connectivity index (χ4v) is 3.76. The van der Waals surface area contributed by atoms with Crippen molar-refractivity contribution in [2.24, 2.45) is 0 Å². The third-order valence-electron chi connectivity index (χ3n) is 4.14. The van der Waals surface area contributed by atoms with Crippen LogP contribution in [0.15, 0.2) is 82.9 Å². The zero-order valence-electron chi connectivity index (χ0n) is 14.4. The number of thioether (sulfide) groups is 1. The highest BCUT2D eigenvalue weighted by atomic mass is 32.2. The van der Waals surface area contributed by atoms with Crippen LogP contribution in [0.1, 0.15) is 11.1 Å². The fraction of sp³-hybridized carbons (Fsp3) is 0.0952. The van der Waals surface area contributed by atoms with E-state index >= 15 is 0 Å². The first kappa shape index (κ1) is 17.4. The van der Waals surface area contributed by atoms with E-state index in [1.165, 1.54) is 23.9 Å². The molecule has 0 N–H and O–H groups in total. The summed E-state index contributed by atoms with van der Waals surface area (Å²) >= 11 is 1.40. The second-order valence-corrected chi connectivity index (χ2v) is 7.01. The summed E-state index contributed by atoms with van der Waals surface area (Å²) in [5.74, 6) is 0.236. The van der Waals surface area contributed by atoms with Gasteiger partial charge in [0.05, 0.1) is 11.9 Å². The maximum Gasteiger partial charge on any atom is 0.263 e. The average Bonchev–Trinajstić information content (AvgIpc) is 2.70. The van der Waals surface area contributed by atoms with Gasteiger partial charge >= 0.3 is 0 Å². The first-order valence-corrected chi connectivity index (χ1v) is 9.46. The van der Waals surface area contributed by atoms with E-state index in [1.54, 1.807) is 29.0 Å². The topological polar surface area (TPSA) is 47.8 Å². The van der Waals surface area contributed by atoms with Gasteiger partial charge in [-0.3, -0.25) is 9.36 Å². The summed E-state index contributed by atoms with van der Waals surface area (Å²) in [6.45, 7) is 0.420. The van der Waals surface area contributed by atoms with Gasteiger partial charge in [-0.25, -0.2) is 14.4 Å². The molecule has 0 spiro atoms. The molecule has 2 aromatic carbocycles. The molecule has 6 heteroatoms. The normalized spacial score (nSPS) is 11.0. The Morgan fingerprint density at radius 1 is 0.963 bits per heavy atom. The second-order valence-electron chi connectivity index (χ2n) is 6.06. The van der Waals surface area contributed by atoms with E-state index in [4.69, 9.17) is 0 Å². The van der Waals surface area contributed by atoms with Gasteiger partial charge < -0.3 is 0 Å². The van der Waals surface area contributed by atoms with Gasteiger partial charge in [0.2, 0.25) is 0 Å². The largest absolute Gasteiger partial charge is 0.282 e. The first-order chi connectivity index (χ1) is 13.2. The number of pyridine rings is 1. The Balaban J connectivity index is 1.75. The molecule has 27 heavy (non-hydrogen) atoms. The van der Waals surface area contributed by atoms with Crippen LogP contribution in [-0.2, 0) is 12.3 Å². The monoisotopic (exact) mass is 377 g/mol. The number of rotatable bonds is 5.